The number of nitrogens with zero attached hydrogens (tertiary/aromatic N) is 5. The van der Waals surface area contributed by atoms with E-state index in [1.807, 2.05) is 54.8 Å². The number of aromatic nitrogens is 5. The minimum absolute atomic E-state index is 0.00640. The van der Waals surface area contributed by atoms with Crippen molar-refractivity contribution in [3.05, 3.63) is 83.4 Å². The molecule has 2 aromatic heterocycles. The highest BCUT2D eigenvalue weighted by molar-refractivity contribution is 5.97. The molecule has 28 heavy (non-hydrogen) atoms. The molecular formula is C21H18FN5O. The number of aryl methyl sites for hydroxylation is 1. The third kappa shape index (κ3) is 3.34. The summed E-state index contributed by atoms with van der Waals surface area (Å²) < 4.78 is 15.1. The lowest BCUT2D eigenvalue weighted by Crippen LogP contribution is -2.14. The predicted molar refractivity (Wildman–Crippen MR) is 103 cm³/mol. The van der Waals surface area contributed by atoms with Crippen LogP contribution in [0.25, 0.3) is 17.1 Å². The van der Waals surface area contributed by atoms with Crippen LogP contribution >= 0.6 is 0 Å². The van der Waals surface area contributed by atoms with Crippen molar-refractivity contribution < 1.29 is 9.18 Å². The second-order valence-electron chi connectivity index (χ2n) is 6.53. The molecule has 0 atom stereocenters. The van der Waals surface area contributed by atoms with Gasteiger partial charge in [-0.3, -0.25) is 4.79 Å². The Morgan fingerprint density at radius 1 is 1.04 bits per heavy atom. The second kappa shape index (κ2) is 7.19. The van der Waals surface area contributed by atoms with E-state index in [-0.39, 0.29) is 18.1 Å². The van der Waals surface area contributed by atoms with E-state index in [1.165, 1.54) is 16.9 Å². The third-order valence-corrected chi connectivity index (χ3v) is 4.59. The Hall–Kier alpha value is -3.61. The standard InChI is InChI=1S/C21H18FN5O/c1-14-12-19(15(2)27(14)18-10-8-17(22)9-11-18)20(28)13-26-24-21(23-25-26)16-6-4-3-5-7-16/h3-12H,13H2,1-2H3. The maximum absolute atomic E-state index is 13.2. The van der Waals surface area contributed by atoms with Crippen LogP contribution in [-0.2, 0) is 6.54 Å². The maximum Gasteiger partial charge on any atom is 0.204 e. The van der Waals surface area contributed by atoms with Crippen molar-refractivity contribution in [2.24, 2.45) is 0 Å². The highest BCUT2D eigenvalue weighted by Gasteiger charge is 2.18. The zero-order chi connectivity index (χ0) is 19.7. The topological polar surface area (TPSA) is 65.6 Å². The number of hydrogen-bond donors (Lipinski definition) is 0. The lowest BCUT2D eigenvalue weighted by atomic mass is 10.1. The number of carbonyl (C=O) groups is 1. The van der Waals surface area contributed by atoms with Gasteiger partial charge in [0.1, 0.15) is 12.4 Å². The van der Waals surface area contributed by atoms with Crippen molar-refractivity contribution >= 4 is 5.78 Å². The average molecular weight is 375 g/mol. The lowest BCUT2D eigenvalue weighted by molar-refractivity contribution is 0.0961. The Morgan fingerprint density at radius 2 is 1.75 bits per heavy atom. The van der Waals surface area contributed by atoms with Crippen LogP contribution in [0, 0.1) is 19.7 Å². The Bertz CT molecular complexity index is 1130. The predicted octanol–water partition coefficient (Wildman–Crippen LogP) is 3.77. The molecule has 0 saturated carbocycles. The van der Waals surface area contributed by atoms with E-state index in [9.17, 15) is 9.18 Å². The summed E-state index contributed by atoms with van der Waals surface area (Å²) in [7, 11) is 0. The van der Waals surface area contributed by atoms with Gasteiger partial charge in [-0.2, -0.15) is 4.80 Å². The minimum Gasteiger partial charge on any atom is -0.318 e. The molecule has 2 heterocycles. The van der Waals surface area contributed by atoms with E-state index in [0.717, 1.165) is 22.6 Å². The van der Waals surface area contributed by atoms with E-state index in [1.54, 1.807) is 12.1 Å². The summed E-state index contributed by atoms with van der Waals surface area (Å²) >= 11 is 0. The van der Waals surface area contributed by atoms with Crippen LogP contribution in [0.3, 0.4) is 0 Å². The molecule has 140 valence electrons. The van der Waals surface area contributed by atoms with Crippen molar-refractivity contribution in [2.75, 3.05) is 0 Å². The average Bonchev–Trinajstić information content (AvgIpc) is 3.28. The van der Waals surface area contributed by atoms with Gasteiger partial charge in [-0.15, -0.1) is 10.2 Å². The zero-order valence-electron chi connectivity index (χ0n) is 15.5. The fourth-order valence-corrected chi connectivity index (χ4v) is 3.26. The Kier molecular flexibility index (Phi) is 4.57. The highest BCUT2D eigenvalue weighted by atomic mass is 19.1. The maximum atomic E-state index is 13.2. The van der Waals surface area contributed by atoms with Crippen LogP contribution in [0.4, 0.5) is 4.39 Å². The van der Waals surface area contributed by atoms with Crippen LogP contribution in [0.2, 0.25) is 0 Å². The van der Waals surface area contributed by atoms with Crippen LogP contribution in [0.5, 0.6) is 0 Å². The Morgan fingerprint density at radius 3 is 2.46 bits per heavy atom. The van der Waals surface area contributed by atoms with E-state index in [4.69, 9.17) is 0 Å². The summed E-state index contributed by atoms with van der Waals surface area (Å²) in [6, 6.07) is 17.5. The van der Waals surface area contributed by atoms with Crippen molar-refractivity contribution in [2.45, 2.75) is 20.4 Å². The van der Waals surface area contributed by atoms with Gasteiger partial charge in [-0.25, -0.2) is 4.39 Å². The number of halogens is 1. The van der Waals surface area contributed by atoms with Crippen LogP contribution < -0.4 is 0 Å². The highest BCUT2D eigenvalue weighted by Crippen LogP contribution is 2.22. The van der Waals surface area contributed by atoms with Crippen LogP contribution in [0.15, 0.2) is 60.7 Å². The smallest absolute Gasteiger partial charge is 0.204 e. The first-order chi connectivity index (χ1) is 13.5. The third-order valence-electron chi connectivity index (χ3n) is 4.59. The molecule has 7 heteroatoms. The molecule has 0 unspecified atom stereocenters. The van der Waals surface area contributed by atoms with Crippen LogP contribution in [0.1, 0.15) is 21.7 Å². The van der Waals surface area contributed by atoms with Crippen molar-refractivity contribution in [3.8, 4) is 17.1 Å². The first-order valence-electron chi connectivity index (χ1n) is 8.84. The summed E-state index contributed by atoms with van der Waals surface area (Å²) in [5, 5.41) is 12.3. The van der Waals surface area contributed by atoms with Gasteiger partial charge >= 0.3 is 0 Å². The molecule has 0 amide bonds. The van der Waals surface area contributed by atoms with E-state index >= 15 is 0 Å². The molecule has 0 radical (unpaired) electrons. The van der Waals surface area contributed by atoms with Crippen molar-refractivity contribution in [1.82, 2.24) is 24.8 Å². The molecule has 0 N–H and O–H groups in total. The molecule has 0 bridgehead atoms. The molecule has 6 nitrogen and oxygen atoms in total. The molecule has 0 aliphatic rings. The molecule has 0 aliphatic heterocycles. The summed E-state index contributed by atoms with van der Waals surface area (Å²) in [4.78, 5) is 14.1. The first-order valence-corrected chi connectivity index (χ1v) is 8.84. The number of tetrazole rings is 1. The summed E-state index contributed by atoms with van der Waals surface area (Å²) in [6.07, 6.45) is 0. The number of carbonyl (C=O) groups excluding carboxylic acids is 1. The quantitative estimate of drug-likeness (QED) is 0.498. The normalized spacial score (nSPS) is 11.0. The van der Waals surface area contributed by atoms with Gasteiger partial charge in [0.25, 0.3) is 0 Å². The molecule has 4 rings (SSSR count). The number of rotatable bonds is 5. The summed E-state index contributed by atoms with van der Waals surface area (Å²) in [5.74, 6) is 0.0673. The molecule has 0 fully saturated rings. The van der Waals surface area contributed by atoms with Gasteiger partial charge in [0, 0.05) is 28.2 Å². The Labute approximate surface area is 161 Å². The van der Waals surface area contributed by atoms with Gasteiger partial charge in [0.05, 0.1) is 0 Å². The SMILES string of the molecule is Cc1cc(C(=O)Cn2nnc(-c3ccccc3)n2)c(C)n1-c1ccc(F)cc1. The van der Waals surface area contributed by atoms with Gasteiger partial charge in [0.2, 0.25) is 5.82 Å². The number of hydrogen-bond acceptors (Lipinski definition) is 4. The summed E-state index contributed by atoms with van der Waals surface area (Å²) in [6.45, 7) is 3.77. The zero-order valence-corrected chi connectivity index (χ0v) is 15.5. The fraction of sp³-hybridized carbons (Fsp3) is 0.143. The van der Waals surface area contributed by atoms with Gasteiger partial charge in [-0.05, 0) is 49.4 Å². The van der Waals surface area contributed by atoms with Crippen molar-refractivity contribution in [1.29, 1.82) is 0 Å². The van der Waals surface area contributed by atoms with E-state index in [2.05, 4.69) is 15.4 Å². The van der Waals surface area contributed by atoms with Gasteiger partial charge in [-0.1, -0.05) is 30.3 Å². The molecule has 0 aliphatic carbocycles. The molecular weight excluding hydrogens is 357 g/mol. The summed E-state index contributed by atoms with van der Waals surface area (Å²) in [5.41, 5.74) is 3.92. The fourth-order valence-electron chi connectivity index (χ4n) is 3.26. The largest absolute Gasteiger partial charge is 0.318 e. The minimum atomic E-state index is -0.297. The monoisotopic (exact) mass is 375 g/mol. The molecule has 0 saturated heterocycles. The van der Waals surface area contributed by atoms with Gasteiger partial charge < -0.3 is 4.57 Å². The van der Waals surface area contributed by atoms with Crippen molar-refractivity contribution in [3.63, 3.8) is 0 Å². The van der Waals surface area contributed by atoms with E-state index < -0.39 is 0 Å². The Balaban J connectivity index is 1.59. The number of ketones is 1. The lowest BCUT2D eigenvalue weighted by Gasteiger charge is -2.09. The molecule has 2 aromatic carbocycles. The van der Waals surface area contributed by atoms with E-state index in [0.29, 0.717) is 11.4 Å². The molecule has 0 spiro atoms. The number of Topliss-reactive ketones (excluding diaryl/α,β-unsaturated/α-hetero) is 1. The number of benzene rings is 2. The second-order valence-corrected chi connectivity index (χ2v) is 6.53. The van der Waals surface area contributed by atoms with Gasteiger partial charge in [0.15, 0.2) is 5.78 Å². The molecule has 4 aromatic rings. The van der Waals surface area contributed by atoms with Crippen LogP contribution in [-0.4, -0.2) is 30.6 Å². The first kappa shape index (κ1) is 17.8.